The fourth-order valence-electron chi connectivity index (χ4n) is 6.93. The molecule has 29 heavy (non-hydrogen) atoms. The minimum absolute atomic E-state index is 0.152. The van der Waals surface area contributed by atoms with Crippen LogP contribution < -0.4 is 0 Å². The molecule has 4 amide bonds. The van der Waals surface area contributed by atoms with Crippen LogP contribution in [0.2, 0.25) is 0 Å². The Balaban J connectivity index is 1.20. The Morgan fingerprint density at radius 2 is 1.45 bits per heavy atom. The standard InChI is InChI=1S/C21H28BrN3O4/c22-21-10-14-7-15(11-21)9-20(8-14,13-21)19(29)24-5-3-23(4-6-24)18(28)12-25-16(26)1-2-17(25)27/h14-15H,1-13H2. The SMILES string of the molecule is O=C(CN1C(=O)CCC1=O)N1CCN(C(=O)C23CC4CC(CC(Br)(C4)C2)C3)CC1. The van der Waals surface area contributed by atoms with Gasteiger partial charge >= 0.3 is 0 Å². The maximum atomic E-state index is 13.5. The summed E-state index contributed by atoms with van der Waals surface area (Å²) in [6.45, 7) is 1.87. The molecular formula is C21H28BrN3O4. The first-order valence-electron chi connectivity index (χ1n) is 10.9. The van der Waals surface area contributed by atoms with E-state index >= 15 is 0 Å². The van der Waals surface area contributed by atoms with E-state index in [2.05, 4.69) is 15.9 Å². The highest BCUT2D eigenvalue weighted by atomic mass is 79.9. The molecule has 0 aromatic rings. The molecule has 6 rings (SSSR count). The molecule has 0 aromatic carbocycles. The molecule has 7 nitrogen and oxygen atoms in total. The third-order valence-corrected chi connectivity index (χ3v) is 8.74. The maximum Gasteiger partial charge on any atom is 0.242 e. The first-order chi connectivity index (χ1) is 13.8. The fraction of sp³-hybridized carbons (Fsp3) is 0.810. The smallest absolute Gasteiger partial charge is 0.242 e. The minimum Gasteiger partial charge on any atom is -0.339 e. The largest absolute Gasteiger partial charge is 0.339 e. The Kier molecular flexibility index (Phi) is 4.57. The predicted molar refractivity (Wildman–Crippen MR) is 108 cm³/mol. The molecule has 0 radical (unpaired) electrons. The number of alkyl halides is 1. The first-order valence-corrected chi connectivity index (χ1v) is 11.7. The lowest BCUT2D eigenvalue weighted by Gasteiger charge is -2.60. The van der Waals surface area contributed by atoms with Crippen LogP contribution in [0.5, 0.6) is 0 Å². The van der Waals surface area contributed by atoms with Crippen LogP contribution >= 0.6 is 15.9 Å². The van der Waals surface area contributed by atoms with Gasteiger partial charge in [0, 0.05) is 43.3 Å². The summed E-state index contributed by atoms with van der Waals surface area (Å²) in [4.78, 5) is 54.3. The number of hydrogen-bond donors (Lipinski definition) is 0. The predicted octanol–water partition coefficient (Wildman–Crippen LogP) is 1.54. The zero-order chi connectivity index (χ0) is 20.4. The summed E-state index contributed by atoms with van der Waals surface area (Å²) in [6.07, 6.45) is 7.08. The summed E-state index contributed by atoms with van der Waals surface area (Å²) in [5.74, 6) is 0.892. The van der Waals surface area contributed by atoms with Gasteiger partial charge in [0.15, 0.2) is 0 Å². The molecule has 2 heterocycles. The molecule has 4 saturated carbocycles. The summed E-state index contributed by atoms with van der Waals surface area (Å²) in [6, 6.07) is 0. The quantitative estimate of drug-likeness (QED) is 0.467. The highest BCUT2D eigenvalue weighted by molar-refractivity contribution is 9.10. The van der Waals surface area contributed by atoms with Gasteiger partial charge in [-0.25, -0.2) is 0 Å². The molecular weight excluding hydrogens is 438 g/mol. The summed E-state index contributed by atoms with van der Waals surface area (Å²) < 4.78 is 0.152. The van der Waals surface area contributed by atoms with Gasteiger partial charge in [0.05, 0.1) is 5.41 Å². The average Bonchev–Trinajstić information content (AvgIpc) is 2.97. The Morgan fingerprint density at radius 1 is 0.897 bits per heavy atom. The van der Waals surface area contributed by atoms with Crippen LogP contribution in [0.15, 0.2) is 0 Å². The first kappa shape index (κ1) is 19.5. The van der Waals surface area contributed by atoms with Crippen molar-refractivity contribution in [1.29, 1.82) is 0 Å². The molecule has 158 valence electrons. The zero-order valence-corrected chi connectivity index (χ0v) is 18.3. The van der Waals surface area contributed by atoms with Gasteiger partial charge in [-0.05, 0) is 50.4 Å². The van der Waals surface area contributed by atoms with Crippen LogP contribution in [0.1, 0.15) is 51.4 Å². The molecule has 0 aromatic heterocycles. The second kappa shape index (κ2) is 6.79. The van der Waals surface area contributed by atoms with E-state index in [0.717, 1.165) is 24.2 Å². The van der Waals surface area contributed by atoms with Gasteiger partial charge < -0.3 is 9.80 Å². The number of amides is 4. The van der Waals surface area contributed by atoms with Gasteiger partial charge in [0.25, 0.3) is 0 Å². The van der Waals surface area contributed by atoms with Crippen LogP contribution in [0.3, 0.4) is 0 Å². The molecule has 2 saturated heterocycles. The van der Waals surface area contributed by atoms with Crippen molar-refractivity contribution in [2.45, 2.75) is 55.7 Å². The normalized spacial score (nSPS) is 38.9. The van der Waals surface area contributed by atoms with Gasteiger partial charge in [-0.1, -0.05) is 15.9 Å². The minimum atomic E-state index is -0.261. The van der Waals surface area contributed by atoms with E-state index in [0.29, 0.717) is 38.0 Å². The van der Waals surface area contributed by atoms with E-state index < -0.39 is 0 Å². The Bertz CT molecular complexity index is 746. The molecule has 8 heteroatoms. The molecule has 4 bridgehead atoms. The van der Waals surface area contributed by atoms with E-state index in [-0.39, 0.29) is 52.8 Å². The highest BCUT2D eigenvalue weighted by Crippen LogP contribution is 2.64. The van der Waals surface area contributed by atoms with Crippen molar-refractivity contribution in [2.75, 3.05) is 32.7 Å². The summed E-state index contributed by atoms with van der Waals surface area (Å²) in [5.41, 5.74) is -0.214. The molecule has 2 aliphatic heterocycles. The number of rotatable bonds is 3. The van der Waals surface area contributed by atoms with Crippen molar-refractivity contribution in [1.82, 2.24) is 14.7 Å². The number of carbonyl (C=O) groups excluding carboxylic acids is 4. The Labute approximate surface area is 179 Å². The number of hydrogen-bond acceptors (Lipinski definition) is 4. The number of halogens is 1. The summed E-state index contributed by atoms with van der Waals surface area (Å²) in [5, 5.41) is 0. The average molecular weight is 466 g/mol. The van der Waals surface area contributed by atoms with Crippen LogP contribution in [0.25, 0.3) is 0 Å². The van der Waals surface area contributed by atoms with Crippen molar-refractivity contribution in [2.24, 2.45) is 17.3 Å². The highest BCUT2D eigenvalue weighted by Gasteiger charge is 2.60. The van der Waals surface area contributed by atoms with E-state index in [9.17, 15) is 19.2 Å². The van der Waals surface area contributed by atoms with Gasteiger partial charge in [-0.3, -0.25) is 24.1 Å². The Hall–Kier alpha value is -1.44. The molecule has 0 spiro atoms. The second-order valence-electron chi connectivity index (χ2n) is 9.94. The summed E-state index contributed by atoms with van der Waals surface area (Å²) >= 11 is 3.98. The number of nitrogens with zero attached hydrogens (tertiary/aromatic N) is 3. The van der Waals surface area contributed by atoms with Gasteiger partial charge in [-0.2, -0.15) is 0 Å². The molecule has 2 atom stereocenters. The van der Waals surface area contributed by atoms with E-state index in [1.54, 1.807) is 4.90 Å². The van der Waals surface area contributed by atoms with Gasteiger partial charge in [-0.15, -0.1) is 0 Å². The molecule has 4 aliphatic carbocycles. The van der Waals surface area contributed by atoms with Crippen LogP contribution in [0.4, 0.5) is 0 Å². The number of imide groups is 1. The molecule has 6 fully saturated rings. The van der Waals surface area contributed by atoms with Gasteiger partial charge in [0.2, 0.25) is 23.6 Å². The topological polar surface area (TPSA) is 78.0 Å². The van der Waals surface area contributed by atoms with E-state index in [1.165, 1.54) is 19.3 Å². The lowest BCUT2D eigenvalue weighted by Crippen LogP contribution is -2.61. The van der Waals surface area contributed by atoms with Crippen molar-refractivity contribution < 1.29 is 19.2 Å². The molecule has 6 aliphatic rings. The molecule has 0 N–H and O–H groups in total. The third-order valence-electron chi connectivity index (χ3n) is 7.81. The number of likely N-dealkylation sites (tertiary alicyclic amines) is 1. The van der Waals surface area contributed by atoms with Crippen LogP contribution in [-0.4, -0.2) is 75.4 Å². The van der Waals surface area contributed by atoms with Crippen LogP contribution in [-0.2, 0) is 19.2 Å². The van der Waals surface area contributed by atoms with Crippen LogP contribution in [0, 0.1) is 17.3 Å². The van der Waals surface area contributed by atoms with Crippen molar-refractivity contribution in [3.05, 3.63) is 0 Å². The Morgan fingerprint density at radius 3 is 2.00 bits per heavy atom. The monoisotopic (exact) mass is 465 g/mol. The second-order valence-corrected chi connectivity index (χ2v) is 11.6. The van der Waals surface area contributed by atoms with E-state index in [1.807, 2.05) is 4.90 Å². The third kappa shape index (κ3) is 3.31. The van der Waals surface area contributed by atoms with Gasteiger partial charge in [0.1, 0.15) is 6.54 Å². The number of piperazine rings is 1. The number of carbonyl (C=O) groups is 4. The maximum absolute atomic E-state index is 13.5. The fourth-order valence-corrected chi connectivity index (χ4v) is 8.38. The molecule has 2 unspecified atom stereocenters. The van der Waals surface area contributed by atoms with E-state index in [4.69, 9.17) is 0 Å². The lowest BCUT2D eigenvalue weighted by atomic mass is 9.49. The van der Waals surface area contributed by atoms with Crippen molar-refractivity contribution in [3.63, 3.8) is 0 Å². The summed E-state index contributed by atoms with van der Waals surface area (Å²) in [7, 11) is 0. The zero-order valence-electron chi connectivity index (χ0n) is 16.7. The lowest BCUT2D eigenvalue weighted by molar-refractivity contribution is -0.159. The van der Waals surface area contributed by atoms with Crippen molar-refractivity contribution >= 4 is 39.6 Å². The van der Waals surface area contributed by atoms with Crippen molar-refractivity contribution in [3.8, 4) is 0 Å².